The predicted molar refractivity (Wildman–Crippen MR) is 85.8 cm³/mol. The summed E-state index contributed by atoms with van der Waals surface area (Å²) in [6.07, 6.45) is 0. The van der Waals surface area contributed by atoms with Crippen LogP contribution >= 0.6 is 27.5 Å². The monoisotopic (exact) mass is 373 g/mol. The lowest BCUT2D eigenvalue weighted by Crippen LogP contribution is -2.22. The fourth-order valence-electron chi connectivity index (χ4n) is 2.20. The van der Waals surface area contributed by atoms with Crippen LogP contribution in [0.1, 0.15) is 29.7 Å². The second kappa shape index (κ2) is 6.86. The van der Waals surface area contributed by atoms with Crippen molar-refractivity contribution in [2.75, 3.05) is 6.54 Å². The Morgan fingerprint density at radius 1 is 1.19 bits per heavy atom. The van der Waals surface area contributed by atoms with Gasteiger partial charge in [0.25, 0.3) is 0 Å². The van der Waals surface area contributed by atoms with Crippen LogP contribution < -0.4 is 5.32 Å². The van der Waals surface area contributed by atoms with E-state index in [9.17, 15) is 8.78 Å². The molecule has 0 aliphatic heterocycles. The average Bonchev–Trinajstić information content (AvgIpc) is 2.44. The molecule has 5 heteroatoms. The first-order valence-corrected chi connectivity index (χ1v) is 7.75. The van der Waals surface area contributed by atoms with E-state index < -0.39 is 0 Å². The van der Waals surface area contributed by atoms with Crippen molar-refractivity contribution in [2.24, 2.45) is 0 Å². The van der Waals surface area contributed by atoms with E-state index in [1.807, 2.05) is 13.0 Å². The average molecular weight is 375 g/mol. The number of hydrogen-bond donors (Lipinski definition) is 1. The van der Waals surface area contributed by atoms with Crippen molar-refractivity contribution in [3.05, 3.63) is 68.2 Å². The van der Waals surface area contributed by atoms with E-state index in [4.69, 9.17) is 11.6 Å². The molecule has 112 valence electrons. The molecule has 0 fully saturated rings. The van der Waals surface area contributed by atoms with Crippen LogP contribution in [0, 0.1) is 18.6 Å². The minimum Gasteiger partial charge on any atom is -0.306 e. The second-order valence-electron chi connectivity index (χ2n) is 4.79. The van der Waals surface area contributed by atoms with E-state index in [1.165, 1.54) is 12.1 Å². The molecule has 0 spiro atoms. The third kappa shape index (κ3) is 3.62. The van der Waals surface area contributed by atoms with Crippen molar-refractivity contribution in [2.45, 2.75) is 19.9 Å². The molecule has 2 rings (SSSR count). The lowest BCUT2D eigenvalue weighted by atomic mass is 9.97. The van der Waals surface area contributed by atoms with Crippen LogP contribution in [0.25, 0.3) is 0 Å². The summed E-state index contributed by atoms with van der Waals surface area (Å²) >= 11 is 9.31. The Balaban J connectivity index is 2.52. The summed E-state index contributed by atoms with van der Waals surface area (Å²) in [5.74, 6) is -0.689. The van der Waals surface area contributed by atoms with Gasteiger partial charge in [0.15, 0.2) is 0 Å². The smallest absolute Gasteiger partial charge is 0.137 e. The van der Waals surface area contributed by atoms with E-state index >= 15 is 0 Å². The van der Waals surface area contributed by atoms with E-state index in [0.717, 1.165) is 11.1 Å². The summed E-state index contributed by atoms with van der Waals surface area (Å²) in [5.41, 5.74) is 1.99. The standard InChI is InChI=1S/C16H15BrClF2N/c1-3-21-16(10-4-5-12(17)15(20)7-10)11-6-9(2)14(19)8-13(11)18/h4-8,16,21H,3H2,1-2H3. The number of halogens is 4. The molecule has 1 N–H and O–H groups in total. The molecule has 0 aliphatic carbocycles. The van der Waals surface area contributed by atoms with Gasteiger partial charge in [-0.15, -0.1) is 0 Å². The highest BCUT2D eigenvalue weighted by molar-refractivity contribution is 9.10. The third-order valence-electron chi connectivity index (χ3n) is 3.27. The first-order chi connectivity index (χ1) is 9.93. The molecule has 0 radical (unpaired) electrons. The van der Waals surface area contributed by atoms with E-state index in [1.54, 1.807) is 19.1 Å². The van der Waals surface area contributed by atoms with Crippen LogP contribution in [-0.2, 0) is 0 Å². The highest BCUT2D eigenvalue weighted by Gasteiger charge is 2.19. The van der Waals surface area contributed by atoms with Gasteiger partial charge in [0.2, 0.25) is 0 Å². The van der Waals surface area contributed by atoms with Gasteiger partial charge in [-0.25, -0.2) is 8.78 Å². The van der Waals surface area contributed by atoms with Gasteiger partial charge in [-0.1, -0.05) is 24.6 Å². The molecule has 1 atom stereocenters. The summed E-state index contributed by atoms with van der Waals surface area (Å²) in [5, 5.41) is 3.59. The van der Waals surface area contributed by atoms with Gasteiger partial charge in [-0.2, -0.15) is 0 Å². The number of rotatable bonds is 4. The molecule has 2 aromatic carbocycles. The van der Waals surface area contributed by atoms with Crippen LogP contribution in [0.2, 0.25) is 5.02 Å². The number of hydrogen-bond acceptors (Lipinski definition) is 1. The van der Waals surface area contributed by atoms with Gasteiger partial charge in [0, 0.05) is 5.02 Å². The molecule has 0 bridgehead atoms. The first-order valence-electron chi connectivity index (χ1n) is 6.58. The quantitative estimate of drug-likeness (QED) is 0.757. The van der Waals surface area contributed by atoms with E-state index in [0.29, 0.717) is 21.6 Å². The normalized spacial score (nSPS) is 12.5. The van der Waals surface area contributed by atoms with Crippen molar-refractivity contribution >= 4 is 27.5 Å². The van der Waals surface area contributed by atoms with Crippen molar-refractivity contribution in [3.8, 4) is 0 Å². The molecule has 0 saturated carbocycles. The lowest BCUT2D eigenvalue weighted by Gasteiger charge is -2.21. The first kappa shape index (κ1) is 16.4. The molecule has 21 heavy (non-hydrogen) atoms. The zero-order chi connectivity index (χ0) is 15.6. The molecule has 1 nitrogen and oxygen atoms in total. The SMILES string of the molecule is CCNC(c1ccc(Br)c(F)c1)c1cc(C)c(F)cc1Cl. The highest BCUT2D eigenvalue weighted by atomic mass is 79.9. The summed E-state index contributed by atoms with van der Waals surface area (Å²) in [6.45, 7) is 4.31. The number of nitrogens with one attached hydrogen (secondary N) is 1. The molecular weight excluding hydrogens is 360 g/mol. The summed E-state index contributed by atoms with van der Waals surface area (Å²) in [7, 11) is 0. The van der Waals surface area contributed by atoms with Crippen LogP contribution in [-0.4, -0.2) is 6.54 Å². The van der Waals surface area contributed by atoms with Gasteiger partial charge in [-0.05, 0) is 70.4 Å². The van der Waals surface area contributed by atoms with Crippen molar-refractivity contribution in [1.29, 1.82) is 0 Å². The molecule has 0 aliphatic rings. The highest BCUT2D eigenvalue weighted by Crippen LogP contribution is 2.31. The van der Waals surface area contributed by atoms with E-state index in [-0.39, 0.29) is 17.7 Å². The second-order valence-corrected chi connectivity index (χ2v) is 6.05. The van der Waals surface area contributed by atoms with Crippen molar-refractivity contribution in [3.63, 3.8) is 0 Å². The molecular formula is C16H15BrClF2N. The summed E-state index contributed by atoms with van der Waals surface area (Å²) < 4.78 is 27.7. The minimum absolute atomic E-state index is 0.288. The maximum Gasteiger partial charge on any atom is 0.137 e. The topological polar surface area (TPSA) is 12.0 Å². The van der Waals surface area contributed by atoms with Crippen LogP contribution in [0.3, 0.4) is 0 Å². The molecule has 2 aromatic rings. The predicted octanol–water partition coefficient (Wildman–Crippen LogP) is 5.39. The largest absolute Gasteiger partial charge is 0.306 e. The summed E-state index contributed by atoms with van der Waals surface area (Å²) in [4.78, 5) is 0. The Morgan fingerprint density at radius 3 is 2.52 bits per heavy atom. The molecule has 0 heterocycles. The molecule has 0 aromatic heterocycles. The third-order valence-corrected chi connectivity index (χ3v) is 4.24. The Hall–Kier alpha value is -0.970. The Morgan fingerprint density at radius 2 is 1.90 bits per heavy atom. The van der Waals surface area contributed by atoms with E-state index in [2.05, 4.69) is 21.2 Å². The Labute approximate surface area is 136 Å². The zero-order valence-electron chi connectivity index (χ0n) is 11.7. The molecule has 0 amide bonds. The number of benzene rings is 2. The van der Waals surface area contributed by atoms with Gasteiger partial charge in [-0.3, -0.25) is 0 Å². The van der Waals surface area contributed by atoms with Crippen molar-refractivity contribution in [1.82, 2.24) is 5.32 Å². The van der Waals surface area contributed by atoms with Gasteiger partial charge in [0.1, 0.15) is 11.6 Å². The minimum atomic E-state index is -0.346. The maximum atomic E-state index is 13.8. The van der Waals surface area contributed by atoms with Crippen LogP contribution in [0.5, 0.6) is 0 Å². The summed E-state index contributed by atoms with van der Waals surface area (Å²) in [6, 6.07) is 7.63. The van der Waals surface area contributed by atoms with Gasteiger partial charge in [0.05, 0.1) is 10.5 Å². The maximum absolute atomic E-state index is 13.8. The Kier molecular flexibility index (Phi) is 5.36. The van der Waals surface area contributed by atoms with Crippen LogP contribution in [0.15, 0.2) is 34.8 Å². The lowest BCUT2D eigenvalue weighted by molar-refractivity contribution is 0.593. The van der Waals surface area contributed by atoms with Gasteiger partial charge >= 0.3 is 0 Å². The zero-order valence-corrected chi connectivity index (χ0v) is 14.0. The fourth-order valence-corrected chi connectivity index (χ4v) is 2.71. The fraction of sp³-hybridized carbons (Fsp3) is 0.250. The molecule has 0 saturated heterocycles. The van der Waals surface area contributed by atoms with Gasteiger partial charge < -0.3 is 5.32 Å². The molecule has 1 unspecified atom stereocenters. The Bertz CT molecular complexity index is 661. The van der Waals surface area contributed by atoms with Crippen molar-refractivity contribution < 1.29 is 8.78 Å². The number of aryl methyl sites for hydroxylation is 1. The van der Waals surface area contributed by atoms with Crippen LogP contribution in [0.4, 0.5) is 8.78 Å².